The fraction of sp³-hybridized carbons (Fsp3) is 0.476. The lowest BCUT2D eigenvalue weighted by Gasteiger charge is -2.07. The molecule has 1 aromatic heterocycles. The number of ether oxygens (including phenoxy) is 1. The molecule has 1 heterocycles. The summed E-state index contributed by atoms with van der Waals surface area (Å²) in [7, 11) is 1.43. The summed E-state index contributed by atoms with van der Waals surface area (Å²) in [4.78, 5) is 12.5. The first kappa shape index (κ1) is 18.3. The number of carbonyl (C=O) groups is 1. The first-order valence-corrected chi connectivity index (χ1v) is 8.89. The maximum absolute atomic E-state index is 12.5. The highest BCUT2D eigenvalue weighted by Gasteiger charge is 2.27. The van der Waals surface area contributed by atoms with Gasteiger partial charge in [-0.2, -0.15) is 0 Å². The van der Waals surface area contributed by atoms with Gasteiger partial charge in [-0.05, 0) is 12.8 Å². The first-order chi connectivity index (χ1) is 11.6. The second-order valence-corrected chi connectivity index (χ2v) is 6.47. The number of rotatable bonds is 8. The molecule has 0 aliphatic rings. The van der Waals surface area contributed by atoms with Gasteiger partial charge >= 0.3 is 5.97 Å². The van der Waals surface area contributed by atoms with Gasteiger partial charge in [0.15, 0.2) is 0 Å². The van der Waals surface area contributed by atoms with E-state index in [2.05, 4.69) is 20.8 Å². The summed E-state index contributed by atoms with van der Waals surface area (Å²) >= 11 is 0. The van der Waals surface area contributed by atoms with Gasteiger partial charge in [0.25, 0.3) is 0 Å². The maximum Gasteiger partial charge on any atom is 0.342 e. The van der Waals surface area contributed by atoms with Crippen molar-refractivity contribution in [1.82, 2.24) is 0 Å². The van der Waals surface area contributed by atoms with Crippen LogP contribution in [-0.4, -0.2) is 13.1 Å². The molecular weight excluding hydrogens is 300 g/mol. The quantitative estimate of drug-likeness (QED) is 0.442. The van der Waals surface area contributed by atoms with Crippen LogP contribution in [0.5, 0.6) is 0 Å². The second-order valence-electron chi connectivity index (χ2n) is 6.47. The van der Waals surface area contributed by atoms with Crippen LogP contribution in [0.15, 0.2) is 34.7 Å². The molecule has 0 aliphatic carbocycles. The van der Waals surface area contributed by atoms with Gasteiger partial charge in [-0.15, -0.1) is 0 Å². The minimum atomic E-state index is -0.310. The van der Waals surface area contributed by atoms with E-state index in [4.69, 9.17) is 9.15 Å². The number of unbranched alkanes of at least 4 members (excludes halogenated alkanes) is 3. The molecular formula is C21H28O3. The van der Waals surface area contributed by atoms with Gasteiger partial charge in [0, 0.05) is 17.0 Å². The summed E-state index contributed by atoms with van der Waals surface area (Å²) in [5.41, 5.74) is 2.54. The largest absolute Gasteiger partial charge is 0.465 e. The van der Waals surface area contributed by atoms with Crippen molar-refractivity contribution in [2.45, 2.75) is 58.8 Å². The van der Waals surface area contributed by atoms with Gasteiger partial charge in [0.05, 0.1) is 7.11 Å². The number of hydrogen-bond donors (Lipinski definition) is 0. The summed E-state index contributed by atoms with van der Waals surface area (Å²) in [5, 5.41) is 0. The monoisotopic (exact) mass is 328 g/mol. The molecule has 0 unspecified atom stereocenters. The van der Waals surface area contributed by atoms with Gasteiger partial charge < -0.3 is 9.15 Å². The predicted molar refractivity (Wildman–Crippen MR) is 97.4 cm³/mol. The van der Waals surface area contributed by atoms with Crippen molar-refractivity contribution >= 4 is 5.97 Å². The van der Waals surface area contributed by atoms with Crippen molar-refractivity contribution in [2.24, 2.45) is 0 Å². The molecule has 0 aliphatic heterocycles. The molecule has 0 saturated heterocycles. The van der Waals surface area contributed by atoms with Crippen LogP contribution in [0, 0.1) is 0 Å². The summed E-state index contributed by atoms with van der Waals surface area (Å²) in [6, 6.07) is 9.80. The molecule has 130 valence electrons. The lowest BCUT2D eigenvalue weighted by molar-refractivity contribution is 0.0600. The number of methoxy groups -OCH3 is 1. The Bertz CT molecular complexity index is 653. The van der Waals surface area contributed by atoms with Gasteiger partial charge in [-0.1, -0.05) is 70.4 Å². The standard InChI is InChI=1S/C21H28O3/c1-5-6-7-11-14-17-18(21(22)23-4)20(24-19(17)15(2)3)16-12-9-8-10-13-16/h8-10,12-13,15H,5-7,11,14H2,1-4H3. The highest BCUT2D eigenvalue weighted by molar-refractivity contribution is 5.97. The van der Waals surface area contributed by atoms with Crippen LogP contribution in [-0.2, 0) is 11.2 Å². The summed E-state index contributed by atoms with van der Waals surface area (Å²) in [6.45, 7) is 6.40. The van der Waals surface area contributed by atoms with Crippen LogP contribution in [0.25, 0.3) is 11.3 Å². The summed E-state index contributed by atoms with van der Waals surface area (Å²) in [6.07, 6.45) is 5.50. The van der Waals surface area contributed by atoms with Gasteiger partial charge in [-0.25, -0.2) is 4.79 Å². The zero-order valence-corrected chi connectivity index (χ0v) is 15.2. The van der Waals surface area contributed by atoms with E-state index >= 15 is 0 Å². The van der Waals surface area contributed by atoms with Crippen LogP contribution < -0.4 is 0 Å². The highest BCUT2D eigenvalue weighted by atomic mass is 16.5. The van der Waals surface area contributed by atoms with Gasteiger partial charge in [0.1, 0.15) is 17.1 Å². The molecule has 0 spiro atoms. The van der Waals surface area contributed by atoms with E-state index in [0.717, 1.165) is 29.7 Å². The number of hydrogen-bond acceptors (Lipinski definition) is 3. The third kappa shape index (κ3) is 4.08. The molecule has 0 fully saturated rings. The SMILES string of the molecule is CCCCCCc1c(C(C)C)oc(-c2ccccc2)c1C(=O)OC. The lowest BCUT2D eigenvalue weighted by Crippen LogP contribution is -2.06. The fourth-order valence-electron chi connectivity index (χ4n) is 3.04. The Morgan fingerprint density at radius 1 is 1.12 bits per heavy atom. The average molecular weight is 328 g/mol. The fourth-order valence-corrected chi connectivity index (χ4v) is 3.04. The highest BCUT2D eigenvalue weighted by Crippen LogP contribution is 2.36. The number of furan rings is 1. The Balaban J connectivity index is 2.49. The number of carbonyl (C=O) groups excluding carboxylic acids is 1. The maximum atomic E-state index is 12.5. The normalized spacial score (nSPS) is 11.0. The molecule has 0 saturated carbocycles. The van der Waals surface area contributed by atoms with Crippen molar-refractivity contribution < 1.29 is 13.9 Å². The molecule has 1 aromatic carbocycles. The molecule has 0 radical (unpaired) electrons. The van der Waals surface area contributed by atoms with Crippen LogP contribution in [0.1, 0.15) is 74.1 Å². The third-order valence-electron chi connectivity index (χ3n) is 4.27. The zero-order chi connectivity index (χ0) is 17.5. The Morgan fingerprint density at radius 2 is 1.83 bits per heavy atom. The van der Waals surface area contributed by atoms with E-state index in [1.165, 1.54) is 26.4 Å². The number of esters is 1. The first-order valence-electron chi connectivity index (χ1n) is 8.89. The van der Waals surface area contributed by atoms with E-state index in [-0.39, 0.29) is 11.9 Å². The smallest absolute Gasteiger partial charge is 0.342 e. The van der Waals surface area contributed by atoms with E-state index in [9.17, 15) is 4.79 Å². The van der Waals surface area contributed by atoms with Gasteiger partial charge in [0.2, 0.25) is 0 Å². The van der Waals surface area contributed by atoms with E-state index < -0.39 is 0 Å². The van der Waals surface area contributed by atoms with Crippen LogP contribution in [0.3, 0.4) is 0 Å². The molecule has 3 nitrogen and oxygen atoms in total. The van der Waals surface area contributed by atoms with Gasteiger partial charge in [-0.3, -0.25) is 0 Å². The van der Waals surface area contributed by atoms with Crippen molar-refractivity contribution in [1.29, 1.82) is 0 Å². The molecule has 0 N–H and O–H groups in total. The molecule has 0 amide bonds. The van der Waals surface area contributed by atoms with Crippen LogP contribution in [0.4, 0.5) is 0 Å². The summed E-state index contributed by atoms with van der Waals surface area (Å²) in [5.74, 6) is 1.46. The van der Waals surface area contributed by atoms with Crippen molar-refractivity contribution in [2.75, 3.05) is 7.11 Å². The Kier molecular flexibility index (Phi) is 6.65. The lowest BCUT2D eigenvalue weighted by atomic mass is 9.96. The van der Waals surface area contributed by atoms with E-state index in [1.807, 2.05) is 30.3 Å². The second kappa shape index (κ2) is 8.72. The predicted octanol–water partition coefficient (Wildman–Crippen LogP) is 5.98. The van der Waals surface area contributed by atoms with Crippen LogP contribution in [0.2, 0.25) is 0 Å². The topological polar surface area (TPSA) is 39.4 Å². The van der Waals surface area contributed by atoms with Crippen LogP contribution >= 0.6 is 0 Å². The zero-order valence-electron chi connectivity index (χ0n) is 15.2. The minimum absolute atomic E-state index is 0.229. The Morgan fingerprint density at radius 3 is 2.42 bits per heavy atom. The van der Waals surface area contributed by atoms with E-state index in [0.29, 0.717) is 11.3 Å². The minimum Gasteiger partial charge on any atom is -0.465 e. The molecule has 2 aromatic rings. The number of benzene rings is 1. The molecule has 0 bridgehead atoms. The average Bonchev–Trinajstić information content (AvgIpc) is 2.98. The summed E-state index contributed by atoms with van der Waals surface area (Å²) < 4.78 is 11.2. The molecule has 0 atom stereocenters. The molecule has 2 rings (SSSR count). The Labute approximate surface area is 145 Å². The Hall–Kier alpha value is -2.03. The van der Waals surface area contributed by atoms with E-state index in [1.54, 1.807) is 0 Å². The molecule has 3 heteroatoms. The van der Waals surface area contributed by atoms with Crippen molar-refractivity contribution in [3.05, 3.63) is 47.2 Å². The molecule has 24 heavy (non-hydrogen) atoms. The third-order valence-corrected chi connectivity index (χ3v) is 4.27. The van der Waals surface area contributed by atoms with Crippen molar-refractivity contribution in [3.8, 4) is 11.3 Å². The van der Waals surface area contributed by atoms with Crippen molar-refractivity contribution in [3.63, 3.8) is 0 Å².